The third kappa shape index (κ3) is 8.84. The second-order valence-electron chi connectivity index (χ2n) is 9.02. The number of benzene rings is 3. The van der Waals surface area contributed by atoms with Gasteiger partial charge in [-0.3, -0.25) is 4.79 Å². The van der Waals surface area contributed by atoms with Crippen molar-refractivity contribution in [1.82, 2.24) is 0 Å². The maximum Gasteiger partial charge on any atom is 0.364 e. The standard InChI is InChI=1S/C18H15S.C11H17F3O5S/c1-4-10-16(11-5-1)19(17-12-6-2-7-13-17)18-14-8-3-9-15-18;12-9(11(13,14)20(16,17)18)6-7-19-10(15)8-4-2-1-3-5-8/h1-15H;8-9H,1-7H2,(H,16,17,18)/q+1;/p-1. The molecular formula is C29H31F3O5S2. The van der Waals surface area contributed by atoms with E-state index in [0.717, 1.165) is 19.3 Å². The molecule has 10 heteroatoms. The summed E-state index contributed by atoms with van der Waals surface area (Å²) in [5.41, 5.74) is 0. The van der Waals surface area contributed by atoms with E-state index in [1.54, 1.807) is 0 Å². The lowest BCUT2D eigenvalue weighted by Gasteiger charge is -2.24. The Balaban J connectivity index is 0.000000216. The van der Waals surface area contributed by atoms with E-state index >= 15 is 0 Å². The zero-order valence-corrected chi connectivity index (χ0v) is 22.9. The van der Waals surface area contributed by atoms with Crippen molar-refractivity contribution in [2.75, 3.05) is 6.61 Å². The van der Waals surface area contributed by atoms with Crippen molar-refractivity contribution >= 4 is 27.0 Å². The molecule has 0 aliphatic heterocycles. The Kier molecular flexibility index (Phi) is 11.4. The number of hydrogen-bond donors (Lipinski definition) is 0. The van der Waals surface area contributed by atoms with Crippen LogP contribution in [-0.4, -0.2) is 37.0 Å². The zero-order chi connectivity index (χ0) is 28.3. The predicted octanol–water partition coefficient (Wildman–Crippen LogP) is 6.76. The summed E-state index contributed by atoms with van der Waals surface area (Å²) < 4.78 is 73.8. The second kappa shape index (κ2) is 14.5. The van der Waals surface area contributed by atoms with E-state index in [4.69, 9.17) is 0 Å². The van der Waals surface area contributed by atoms with Crippen LogP contribution in [0.25, 0.3) is 0 Å². The first-order chi connectivity index (χ1) is 18.6. The number of alkyl halides is 3. The molecule has 1 aliphatic rings. The Hall–Kier alpha value is -2.82. The van der Waals surface area contributed by atoms with Crippen molar-refractivity contribution in [3.63, 3.8) is 0 Å². The maximum atomic E-state index is 13.0. The number of carbonyl (C=O) groups excluding carboxylic acids is 1. The first-order valence-electron chi connectivity index (χ1n) is 12.6. The van der Waals surface area contributed by atoms with Crippen molar-refractivity contribution in [1.29, 1.82) is 0 Å². The van der Waals surface area contributed by atoms with Crippen LogP contribution in [-0.2, 0) is 30.5 Å². The monoisotopic (exact) mass is 580 g/mol. The van der Waals surface area contributed by atoms with Crippen LogP contribution in [0.2, 0.25) is 0 Å². The van der Waals surface area contributed by atoms with E-state index in [9.17, 15) is 30.9 Å². The summed E-state index contributed by atoms with van der Waals surface area (Å²) in [4.78, 5) is 15.6. The third-order valence-corrected chi connectivity index (χ3v) is 9.34. The first kappa shape index (κ1) is 30.7. The molecule has 5 nitrogen and oxygen atoms in total. The number of ether oxygens (including phenoxy) is 1. The van der Waals surface area contributed by atoms with Crippen molar-refractivity contribution in [2.45, 2.75) is 64.6 Å². The van der Waals surface area contributed by atoms with Gasteiger partial charge in [-0.25, -0.2) is 12.8 Å². The lowest BCUT2D eigenvalue weighted by atomic mass is 9.89. The summed E-state index contributed by atoms with van der Waals surface area (Å²) >= 11 is 0. The molecule has 0 aromatic heterocycles. The number of rotatable bonds is 9. The van der Waals surface area contributed by atoms with Gasteiger partial charge in [0, 0.05) is 6.42 Å². The Morgan fingerprint density at radius 1 is 0.846 bits per heavy atom. The minimum Gasteiger partial charge on any atom is -0.743 e. The number of esters is 1. The average molecular weight is 581 g/mol. The molecule has 1 unspecified atom stereocenters. The van der Waals surface area contributed by atoms with Gasteiger partial charge in [-0.05, 0) is 49.2 Å². The van der Waals surface area contributed by atoms with Crippen LogP contribution in [0.3, 0.4) is 0 Å². The van der Waals surface area contributed by atoms with Crippen molar-refractivity contribution in [3.8, 4) is 0 Å². The van der Waals surface area contributed by atoms with Gasteiger partial charge in [0.2, 0.25) is 0 Å². The fraction of sp³-hybridized carbons (Fsp3) is 0.345. The van der Waals surface area contributed by atoms with Crippen molar-refractivity contribution in [2.24, 2.45) is 5.92 Å². The van der Waals surface area contributed by atoms with Crippen LogP contribution in [0.4, 0.5) is 13.2 Å². The van der Waals surface area contributed by atoms with Crippen molar-refractivity contribution < 1.29 is 35.7 Å². The van der Waals surface area contributed by atoms with Crippen LogP contribution in [0.15, 0.2) is 106 Å². The molecule has 1 saturated carbocycles. The van der Waals surface area contributed by atoms with Crippen LogP contribution in [0.1, 0.15) is 38.5 Å². The zero-order valence-electron chi connectivity index (χ0n) is 21.3. The van der Waals surface area contributed by atoms with Crippen LogP contribution in [0.5, 0.6) is 0 Å². The molecule has 1 atom stereocenters. The third-order valence-electron chi connectivity index (χ3n) is 6.19. The largest absolute Gasteiger partial charge is 0.743 e. The molecule has 0 spiro atoms. The van der Waals surface area contributed by atoms with Gasteiger partial charge in [-0.15, -0.1) is 0 Å². The average Bonchev–Trinajstić information content (AvgIpc) is 2.95. The smallest absolute Gasteiger partial charge is 0.364 e. The minimum absolute atomic E-state index is 0.0146. The van der Waals surface area contributed by atoms with Gasteiger partial charge in [0.1, 0.15) is 0 Å². The minimum atomic E-state index is -6.07. The molecular weight excluding hydrogens is 549 g/mol. The number of carbonyl (C=O) groups is 1. The highest BCUT2D eigenvalue weighted by molar-refractivity contribution is 7.97. The Morgan fingerprint density at radius 3 is 1.64 bits per heavy atom. The topological polar surface area (TPSA) is 83.5 Å². The lowest BCUT2D eigenvalue weighted by Crippen LogP contribution is -2.39. The summed E-state index contributed by atoms with van der Waals surface area (Å²) in [7, 11) is -6.09. The molecule has 1 aliphatic carbocycles. The molecule has 3 aromatic rings. The Morgan fingerprint density at radius 2 is 1.26 bits per heavy atom. The van der Waals surface area contributed by atoms with Crippen LogP contribution >= 0.6 is 0 Å². The van der Waals surface area contributed by atoms with Gasteiger partial charge in [0.05, 0.1) is 23.4 Å². The van der Waals surface area contributed by atoms with E-state index < -0.39 is 40.5 Å². The molecule has 0 amide bonds. The number of halogens is 3. The normalized spacial score (nSPS) is 15.2. The van der Waals surface area contributed by atoms with Gasteiger partial charge in [0.25, 0.3) is 0 Å². The summed E-state index contributed by atoms with van der Waals surface area (Å²) in [5, 5.41) is -5.01. The van der Waals surface area contributed by atoms with E-state index in [0.29, 0.717) is 12.8 Å². The summed E-state index contributed by atoms with van der Waals surface area (Å²) in [5.74, 6) is -0.907. The van der Waals surface area contributed by atoms with E-state index in [1.165, 1.54) is 14.7 Å². The molecule has 0 N–H and O–H groups in total. The van der Waals surface area contributed by atoms with Gasteiger partial charge >= 0.3 is 11.2 Å². The first-order valence-corrected chi connectivity index (χ1v) is 15.3. The highest BCUT2D eigenvalue weighted by Gasteiger charge is 2.47. The van der Waals surface area contributed by atoms with Gasteiger partial charge in [-0.1, -0.05) is 73.9 Å². The summed E-state index contributed by atoms with van der Waals surface area (Å²) in [6, 6.07) is 32.2. The molecule has 0 saturated heterocycles. The molecule has 4 rings (SSSR count). The Labute approximate surface area is 230 Å². The molecule has 210 valence electrons. The fourth-order valence-electron chi connectivity index (χ4n) is 4.12. The summed E-state index contributed by atoms with van der Waals surface area (Å²) in [6.45, 7) is -0.679. The summed E-state index contributed by atoms with van der Waals surface area (Å²) in [6.07, 6.45) is -0.178. The quantitative estimate of drug-likeness (QED) is 0.159. The van der Waals surface area contributed by atoms with Crippen LogP contribution in [0, 0.1) is 5.92 Å². The molecule has 39 heavy (non-hydrogen) atoms. The fourth-order valence-corrected chi connectivity index (χ4v) is 6.66. The Bertz CT molecular complexity index is 1160. The van der Waals surface area contributed by atoms with Gasteiger partial charge < -0.3 is 9.29 Å². The van der Waals surface area contributed by atoms with E-state index in [2.05, 4.69) is 95.7 Å². The lowest BCUT2D eigenvalue weighted by molar-refractivity contribution is -0.150. The highest BCUT2D eigenvalue weighted by Crippen LogP contribution is 2.31. The molecule has 0 heterocycles. The highest BCUT2D eigenvalue weighted by atomic mass is 32.2. The number of hydrogen-bond acceptors (Lipinski definition) is 5. The molecule has 0 bridgehead atoms. The van der Waals surface area contributed by atoms with Crippen LogP contribution < -0.4 is 0 Å². The SMILES string of the molecule is O=C(OCCC(F)C(F)(F)S(=O)(=O)[O-])C1CCCCC1.c1ccc([S+](c2ccccc2)c2ccccc2)cc1. The van der Waals surface area contributed by atoms with E-state index in [1.807, 2.05) is 0 Å². The van der Waals surface area contributed by atoms with E-state index in [-0.39, 0.29) is 16.8 Å². The molecule has 0 radical (unpaired) electrons. The molecule has 3 aromatic carbocycles. The molecule has 1 fully saturated rings. The van der Waals surface area contributed by atoms with Gasteiger partial charge in [-0.2, -0.15) is 8.78 Å². The second-order valence-corrected chi connectivity index (χ2v) is 12.5. The van der Waals surface area contributed by atoms with Crippen molar-refractivity contribution in [3.05, 3.63) is 91.0 Å². The maximum absolute atomic E-state index is 13.0. The predicted molar refractivity (Wildman–Crippen MR) is 143 cm³/mol. The van der Waals surface area contributed by atoms with Gasteiger partial charge in [0.15, 0.2) is 31.0 Å².